The average Bonchev–Trinajstić information content (AvgIpc) is 2.89. The van der Waals surface area contributed by atoms with Crippen molar-refractivity contribution < 1.29 is 14.1 Å². The normalized spacial score (nSPS) is 16.2. The van der Waals surface area contributed by atoms with Gasteiger partial charge < -0.3 is 14.7 Å². The molecular formula is C16H26N4O3S. The Morgan fingerprint density at radius 1 is 1.29 bits per heavy atom. The van der Waals surface area contributed by atoms with Crippen LogP contribution in [0.15, 0.2) is 10.6 Å². The Morgan fingerprint density at radius 3 is 2.50 bits per heavy atom. The number of amides is 2. The molecule has 0 radical (unpaired) electrons. The molecule has 0 bridgehead atoms. The lowest BCUT2D eigenvalue weighted by Crippen LogP contribution is -2.51. The maximum atomic E-state index is 12.2. The van der Waals surface area contributed by atoms with Crippen LogP contribution >= 0.6 is 11.8 Å². The Hall–Kier alpha value is -1.54. The van der Waals surface area contributed by atoms with Crippen LogP contribution in [0, 0.1) is 6.92 Å². The van der Waals surface area contributed by atoms with Crippen LogP contribution < -0.4 is 5.32 Å². The average molecular weight is 354 g/mol. The summed E-state index contributed by atoms with van der Waals surface area (Å²) in [4.78, 5) is 28.1. The zero-order chi connectivity index (χ0) is 17.7. The smallest absolute Gasteiger partial charge is 0.239 e. The molecule has 134 valence electrons. The van der Waals surface area contributed by atoms with E-state index in [0.717, 1.165) is 0 Å². The van der Waals surface area contributed by atoms with Gasteiger partial charge in [-0.1, -0.05) is 25.9 Å². The van der Waals surface area contributed by atoms with Gasteiger partial charge in [0, 0.05) is 37.0 Å². The lowest BCUT2D eigenvalue weighted by atomic mass is 10.3. The van der Waals surface area contributed by atoms with Crippen LogP contribution in [-0.4, -0.2) is 70.0 Å². The number of thioether (sulfide) groups is 1. The number of hydrogen-bond acceptors (Lipinski definition) is 6. The fourth-order valence-corrected chi connectivity index (χ4v) is 3.07. The number of piperazine rings is 1. The zero-order valence-electron chi connectivity index (χ0n) is 14.8. The van der Waals surface area contributed by atoms with Crippen molar-refractivity contribution in [3.05, 3.63) is 11.8 Å². The van der Waals surface area contributed by atoms with E-state index in [1.165, 1.54) is 0 Å². The van der Waals surface area contributed by atoms with Crippen molar-refractivity contribution in [2.75, 3.05) is 43.8 Å². The lowest BCUT2D eigenvalue weighted by Gasteiger charge is -2.34. The Bertz CT molecular complexity index is 574. The Morgan fingerprint density at radius 2 is 1.96 bits per heavy atom. The second-order valence-corrected chi connectivity index (χ2v) is 8.73. The van der Waals surface area contributed by atoms with E-state index in [-0.39, 0.29) is 16.6 Å². The minimum absolute atomic E-state index is 0.0923. The summed E-state index contributed by atoms with van der Waals surface area (Å²) in [6.07, 6.45) is 0. The molecule has 0 atom stereocenters. The van der Waals surface area contributed by atoms with Crippen molar-refractivity contribution in [3.8, 4) is 0 Å². The van der Waals surface area contributed by atoms with Gasteiger partial charge in [-0.2, -0.15) is 0 Å². The van der Waals surface area contributed by atoms with Gasteiger partial charge in [-0.3, -0.25) is 14.5 Å². The molecule has 0 aromatic carbocycles. The number of rotatable bonds is 5. The molecule has 1 saturated heterocycles. The standard InChI is InChI=1S/C16H26N4O3S/c1-12-9-13(18-23-12)17-14(21)10-19-5-7-20(8-6-19)15(22)11-24-16(2,3)4/h9H,5-8,10-11H2,1-4H3,(H,17,18,21). The fourth-order valence-electron chi connectivity index (χ4n) is 2.34. The zero-order valence-corrected chi connectivity index (χ0v) is 15.6. The van der Waals surface area contributed by atoms with Crippen LogP contribution in [0.4, 0.5) is 5.82 Å². The van der Waals surface area contributed by atoms with Gasteiger partial charge in [-0.05, 0) is 6.92 Å². The van der Waals surface area contributed by atoms with E-state index in [1.54, 1.807) is 24.8 Å². The summed E-state index contributed by atoms with van der Waals surface area (Å²) in [7, 11) is 0. The predicted octanol–water partition coefficient (Wildman–Crippen LogP) is 1.60. The number of nitrogens with zero attached hydrogens (tertiary/aromatic N) is 3. The predicted molar refractivity (Wildman–Crippen MR) is 95.1 cm³/mol. The first-order chi connectivity index (χ1) is 11.2. The number of aromatic nitrogens is 1. The van der Waals surface area contributed by atoms with Gasteiger partial charge in [-0.15, -0.1) is 11.8 Å². The third-order valence-corrected chi connectivity index (χ3v) is 4.87. The molecule has 1 N–H and O–H groups in total. The molecular weight excluding hydrogens is 328 g/mol. The van der Waals surface area contributed by atoms with E-state index in [4.69, 9.17) is 4.52 Å². The summed E-state index contributed by atoms with van der Waals surface area (Å²) in [6.45, 7) is 11.1. The molecule has 1 aromatic heterocycles. The van der Waals surface area contributed by atoms with E-state index in [1.807, 2.05) is 9.80 Å². The van der Waals surface area contributed by atoms with E-state index in [9.17, 15) is 9.59 Å². The minimum atomic E-state index is -0.119. The molecule has 0 spiro atoms. The van der Waals surface area contributed by atoms with Crippen LogP contribution in [0.1, 0.15) is 26.5 Å². The van der Waals surface area contributed by atoms with Crippen LogP contribution in [0.5, 0.6) is 0 Å². The van der Waals surface area contributed by atoms with Crippen LogP contribution in [0.2, 0.25) is 0 Å². The van der Waals surface area contributed by atoms with Crippen molar-refractivity contribution in [2.45, 2.75) is 32.4 Å². The number of anilines is 1. The maximum Gasteiger partial charge on any atom is 0.239 e. The molecule has 2 heterocycles. The van der Waals surface area contributed by atoms with Gasteiger partial charge in [0.15, 0.2) is 5.82 Å². The highest BCUT2D eigenvalue weighted by atomic mass is 32.2. The van der Waals surface area contributed by atoms with Crippen molar-refractivity contribution in [2.24, 2.45) is 0 Å². The topological polar surface area (TPSA) is 78.7 Å². The lowest BCUT2D eigenvalue weighted by molar-refractivity contribution is -0.130. The summed E-state index contributed by atoms with van der Waals surface area (Å²) in [5.74, 6) is 1.66. The highest BCUT2D eigenvalue weighted by Gasteiger charge is 2.24. The van der Waals surface area contributed by atoms with Crippen LogP contribution in [0.3, 0.4) is 0 Å². The fraction of sp³-hybridized carbons (Fsp3) is 0.688. The molecule has 0 saturated carbocycles. The monoisotopic (exact) mass is 354 g/mol. The molecule has 0 aliphatic carbocycles. The number of hydrogen-bond donors (Lipinski definition) is 1. The van der Waals surface area contributed by atoms with Crippen LogP contribution in [0.25, 0.3) is 0 Å². The first-order valence-corrected chi connectivity index (χ1v) is 9.09. The van der Waals surface area contributed by atoms with Gasteiger partial charge in [0.25, 0.3) is 0 Å². The van der Waals surface area contributed by atoms with Gasteiger partial charge in [0.1, 0.15) is 5.76 Å². The maximum absolute atomic E-state index is 12.2. The van der Waals surface area contributed by atoms with Gasteiger partial charge >= 0.3 is 0 Å². The van der Waals surface area contributed by atoms with E-state index in [2.05, 4.69) is 31.2 Å². The summed E-state index contributed by atoms with van der Waals surface area (Å²) in [5, 5.41) is 6.46. The summed E-state index contributed by atoms with van der Waals surface area (Å²) >= 11 is 1.67. The van der Waals surface area contributed by atoms with Crippen molar-refractivity contribution in [3.63, 3.8) is 0 Å². The Kier molecular flexibility index (Phi) is 6.28. The van der Waals surface area contributed by atoms with Crippen molar-refractivity contribution in [1.29, 1.82) is 0 Å². The van der Waals surface area contributed by atoms with E-state index < -0.39 is 0 Å². The second kappa shape index (κ2) is 8.02. The second-order valence-electron chi connectivity index (χ2n) is 6.93. The molecule has 8 heteroatoms. The van der Waals surface area contributed by atoms with Gasteiger partial charge in [0.05, 0.1) is 12.3 Å². The van der Waals surface area contributed by atoms with E-state index >= 15 is 0 Å². The third-order valence-electron chi connectivity index (χ3n) is 3.62. The molecule has 1 aromatic rings. The number of nitrogens with one attached hydrogen (secondary N) is 1. The molecule has 2 rings (SSSR count). The third kappa shape index (κ3) is 6.16. The highest BCUT2D eigenvalue weighted by Crippen LogP contribution is 2.23. The molecule has 0 unspecified atom stereocenters. The largest absolute Gasteiger partial charge is 0.360 e. The molecule has 2 amide bonds. The number of carbonyl (C=O) groups excluding carboxylic acids is 2. The number of carbonyl (C=O) groups is 2. The van der Waals surface area contributed by atoms with Crippen molar-refractivity contribution >= 4 is 29.4 Å². The SMILES string of the molecule is Cc1cc(NC(=O)CN2CCN(C(=O)CSC(C)(C)C)CC2)no1. The van der Waals surface area contributed by atoms with Crippen molar-refractivity contribution in [1.82, 2.24) is 15.0 Å². The van der Waals surface area contributed by atoms with Gasteiger partial charge in [-0.25, -0.2) is 0 Å². The summed E-state index contributed by atoms with van der Waals surface area (Å²) in [6, 6.07) is 1.68. The van der Waals surface area contributed by atoms with Crippen LogP contribution in [-0.2, 0) is 9.59 Å². The molecule has 1 aliphatic rings. The summed E-state index contributed by atoms with van der Waals surface area (Å²) < 4.78 is 5.01. The molecule has 1 fully saturated rings. The highest BCUT2D eigenvalue weighted by molar-refractivity contribution is 8.01. The quantitative estimate of drug-likeness (QED) is 0.865. The molecule has 7 nitrogen and oxygen atoms in total. The molecule has 1 aliphatic heterocycles. The first-order valence-electron chi connectivity index (χ1n) is 8.10. The minimum Gasteiger partial charge on any atom is -0.360 e. The summed E-state index contributed by atoms with van der Waals surface area (Å²) in [5.41, 5.74) is 0. The van der Waals surface area contributed by atoms with Gasteiger partial charge in [0.2, 0.25) is 11.8 Å². The Labute approximate surface area is 147 Å². The van der Waals surface area contributed by atoms with E-state index in [0.29, 0.717) is 50.1 Å². The molecule has 24 heavy (non-hydrogen) atoms. The Balaban J connectivity index is 1.70. The number of aryl methyl sites for hydroxylation is 1. The first kappa shape index (κ1) is 18.8.